The van der Waals surface area contributed by atoms with Gasteiger partial charge in [-0.25, -0.2) is 19.2 Å². The molecule has 282 valence electrons. The van der Waals surface area contributed by atoms with E-state index in [0.29, 0.717) is 59.8 Å². The smallest absolute Gasteiger partial charge is 0.343 e. The van der Waals surface area contributed by atoms with Crippen LogP contribution in [0.5, 0.6) is 23.0 Å². The molecule has 0 atom stereocenters. The Kier molecular flexibility index (Phi) is 12.9. The predicted molar refractivity (Wildman–Crippen MR) is 212 cm³/mol. The number of carbonyl (C=O) groups is 4. The summed E-state index contributed by atoms with van der Waals surface area (Å²) in [5.74, 6) is -0.545. The van der Waals surface area contributed by atoms with Gasteiger partial charge in [0.15, 0.2) is 0 Å². The second-order valence-corrected chi connectivity index (χ2v) is 12.3. The molecule has 6 rings (SSSR count). The Bertz CT molecular complexity index is 2210. The van der Waals surface area contributed by atoms with Crippen molar-refractivity contribution in [1.29, 1.82) is 0 Å². The first-order valence-electron chi connectivity index (χ1n) is 17.9. The van der Waals surface area contributed by atoms with E-state index >= 15 is 0 Å². The first-order valence-corrected chi connectivity index (χ1v) is 17.9. The number of carbonyl (C=O) groups excluding carboxylic acids is 4. The summed E-state index contributed by atoms with van der Waals surface area (Å²) in [6.45, 7) is 7.75. The Morgan fingerprint density at radius 1 is 0.464 bits per heavy atom. The standard InChI is InChI=1S/C46H38O10/c1-3-41(47)53-29-9-27-51-35-21-15-33(16-22-35)45(49)55-39-25-19-31-11-5-7-13-37(31)43(39)44-38-14-8-6-12-32(38)20-26-40(44)56-46(50)34-17-23-36(24-18-34)52-28-10-30-54-42(48)4-2/h3-8,11-26H,1-2,9-10,27-30H2. The van der Waals surface area contributed by atoms with Crippen LogP contribution in [0.2, 0.25) is 0 Å². The maximum Gasteiger partial charge on any atom is 0.343 e. The highest BCUT2D eigenvalue weighted by Gasteiger charge is 2.23. The SMILES string of the molecule is C=CC(=O)OCCCOc1ccc(C(=O)Oc2ccc3ccccc3c2-c2c(OC(=O)c3ccc(OCCCOC(=O)C=C)cc3)ccc3ccccc23)cc1. The lowest BCUT2D eigenvalue weighted by molar-refractivity contribution is -0.138. The fourth-order valence-corrected chi connectivity index (χ4v) is 5.84. The van der Waals surface area contributed by atoms with Crippen LogP contribution in [0.1, 0.15) is 33.6 Å². The molecule has 0 radical (unpaired) electrons. The Morgan fingerprint density at radius 2 is 0.857 bits per heavy atom. The number of ether oxygens (including phenoxy) is 6. The molecule has 0 saturated carbocycles. The molecule has 0 aromatic heterocycles. The van der Waals surface area contributed by atoms with Crippen LogP contribution in [0, 0.1) is 0 Å². The van der Waals surface area contributed by atoms with Crippen LogP contribution >= 0.6 is 0 Å². The van der Waals surface area contributed by atoms with Gasteiger partial charge in [0.1, 0.15) is 23.0 Å². The highest BCUT2D eigenvalue weighted by atomic mass is 16.5. The minimum absolute atomic E-state index is 0.198. The van der Waals surface area contributed by atoms with E-state index in [4.69, 9.17) is 28.4 Å². The summed E-state index contributed by atoms with van der Waals surface area (Å²) in [4.78, 5) is 49.8. The monoisotopic (exact) mass is 750 g/mol. The average Bonchev–Trinajstić information content (AvgIpc) is 3.23. The van der Waals surface area contributed by atoms with E-state index in [1.54, 1.807) is 60.7 Å². The van der Waals surface area contributed by atoms with Gasteiger partial charge in [0.2, 0.25) is 0 Å². The van der Waals surface area contributed by atoms with Crippen molar-refractivity contribution in [3.8, 4) is 34.1 Å². The Morgan fingerprint density at radius 3 is 1.25 bits per heavy atom. The van der Waals surface area contributed by atoms with Gasteiger partial charge >= 0.3 is 23.9 Å². The van der Waals surface area contributed by atoms with Gasteiger partial charge in [-0.3, -0.25) is 0 Å². The highest BCUT2D eigenvalue weighted by molar-refractivity contribution is 6.11. The summed E-state index contributed by atoms with van der Waals surface area (Å²) in [5, 5.41) is 3.36. The zero-order chi connectivity index (χ0) is 39.3. The number of esters is 4. The quantitative estimate of drug-likeness (QED) is 0.0386. The zero-order valence-electron chi connectivity index (χ0n) is 30.4. The van der Waals surface area contributed by atoms with Crippen LogP contribution in [0.3, 0.4) is 0 Å². The molecule has 6 aromatic carbocycles. The third-order valence-corrected chi connectivity index (χ3v) is 8.55. The first kappa shape index (κ1) is 38.5. The van der Waals surface area contributed by atoms with Crippen molar-refractivity contribution in [1.82, 2.24) is 0 Å². The van der Waals surface area contributed by atoms with Crippen LogP contribution in [0.25, 0.3) is 32.7 Å². The van der Waals surface area contributed by atoms with Crippen molar-refractivity contribution in [2.24, 2.45) is 0 Å². The van der Waals surface area contributed by atoms with Crippen molar-refractivity contribution in [3.63, 3.8) is 0 Å². The van der Waals surface area contributed by atoms with Crippen molar-refractivity contribution in [3.05, 3.63) is 158 Å². The largest absolute Gasteiger partial charge is 0.493 e. The van der Waals surface area contributed by atoms with E-state index in [1.807, 2.05) is 60.7 Å². The number of fused-ring (bicyclic) bond motifs is 2. The Labute approximate surface area is 323 Å². The maximum atomic E-state index is 13.7. The van der Waals surface area contributed by atoms with Crippen LogP contribution in [-0.4, -0.2) is 50.3 Å². The molecule has 0 aliphatic rings. The molecule has 0 spiro atoms. The molecular weight excluding hydrogens is 712 g/mol. The lowest BCUT2D eigenvalue weighted by Gasteiger charge is -2.19. The molecule has 0 unspecified atom stereocenters. The average molecular weight is 751 g/mol. The summed E-state index contributed by atoms with van der Waals surface area (Å²) in [6.07, 6.45) is 3.18. The summed E-state index contributed by atoms with van der Waals surface area (Å²) in [5.41, 5.74) is 1.75. The van der Waals surface area contributed by atoms with Crippen molar-refractivity contribution >= 4 is 45.4 Å². The van der Waals surface area contributed by atoms with Gasteiger partial charge in [-0.05, 0) is 82.2 Å². The molecular formula is C46H38O10. The molecule has 0 aliphatic carbocycles. The van der Waals surface area contributed by atoms with Gasteiger partial charge < -0.3 is 28.4 Å². The number of hydrogen-bond acceptors (Lipinski definition) is 10. The van der Waals surface area contributed by atoms with Gasteiger partial charge in [0.05, 0.1) is 37.6 Å². The first-order chi connectivity index (χ1) is 27.3. The summed E-state index contributed by atoms with van der Waals surface area (Å²) in [6, 6.07) is 35.7. The highest BCUT2D eigenvalue weighted by Crippen LogP contribution is 2.46. The molecule has 56 heavy (non-hydrogen) atoms. The molecule has 10 nitrogen and oxygen atoms in total. The third kappa shape index (κ3) is 9.66. The number of benzene rings is 6. The van der Waals surface area contributed by atoms with Gasteiger partial charge in [0.25, 0.3) is 0 Å². The minimum Gasteiger partial charge on any atom is -0.493 e. The Balaban J connectivity index is 1.25. The topological polar surface area (TPSA) is 124 Å². The summed E-state index contributed by atoms with van der Waals surface area (Å²) in [7, 11) is 0. The fraction of sp³-hybridized carbons (Fsp3) is 0.130. The number of hydrogen-bond donors (Lipinski definition) is 0. The second kappa shape index (κ2) is 18.7. The van der Waals surface area contributed by atoms with Gasteiger partial charge in [-0.15, -0.1) is 0 Å². The molecule has 0 bridgehead atoms. The van der Waals surface area contributed by atoms with Crippen molar-refractivity contribution < 1.29 is 47.6 Å². The lowest BCUT2D eigenvalue weighted by Crippen LogP contribution is -2.11. The van der Waals surface area contributed by atoms with Crippen LogP contribution in [-0.2, 0) is 19.1 Å². The molecule has 6 aromatic rings. The molecule has 0 heterocycles. The van der Waals surface area contributed by atoms with E-state index in [9.17, 15) is 19.2 Å². The van der Waals surface area contributed by atoms with E-state index in [1.165, 1.54) is 0 Å². The molecule has 0 N–H and O–H groups in total. The van der Waals surface area contributed by atoms with Crippen molar-refractivity contribution in [2.45, 2.75) is 12.8 Å². The maximum absolute atomic E-state index is 13.7. The van der Waals surface area contributed by atoms with Crippen LogP contribution < -0.4 is 18.9 Å². The molecule has 0 amide bonds. The van der Waals surface area contributed by atoms with Gasteiger partial charge in [-0.1, -0.05) is 73.8 Å². The van der Waals surface area contributed by atoms with E-state index in [2.05, 4.69) is 13.2 Å². The molecule has 0 fully saturated rings. The fourth-order valence-electron chi connectivity index (χ4n) is 5.84. The Hall–Kier alpha value is -7.20. The van der Waals surface area contributed by atoms with Crippen molar-refractivity contribution in [2.75, 3.05) is 26.4 Å². The molecule has 0 saturated heterocycles. The minimum atomic E-state index is -0.594. The molecule has 0 aliphatic heterocycles. The summed E-state index contributed by atoms with van der Waals surface area (Å²) < 4.78 is 33.6. The predicted octanol–water partition coefficient (Wildman–Crippen LogP) is 9.09. The normalized spacial score (nSPS) is 10.6. The van der Waals surface area contributed by atoms with E-state index < -0.39 is 23.9 Å². The van der Waals surface area contributed by atoms with Gasteiger partial charge in [0, 0.05) is 36.1 Å². The zero-order valence-corrected chi connectivity index (χ0v) is 30.4. The summed E-state index contributed by atoms with van der Waals surface area (Å²) >= 11 is 0. The van der Waals surface area contributed by atoms with E-state index in [-0.39, 0.29) is 24.7 Å². The van der Waals surface area contributed by atoms with E-state index in [0.717, 1.165) is 33.7 Å². The van der Waals surface area contributed by atoms with Crippen LogP contribution in [0.15, 0.2) is 147 Å². The van der Waals surface area contributed by atoms with Gasteiger partial charge in [-0.2, -0.15) is 0 Å². The lowest BCUT2D eigenvalue weighted by atomic mass is 9.92. The molecule has 10 heteroatoms. The third-order valence-electron chi connectivity index (χ3n) is 8.55. The number of rotatable bonds is 17. The second-order valence-electron chi connectivity index (χ2n) is 12.3. The van der Waals surface area contributed by atoms with Crippen LogP contribution in [0.4, 0.5) is 0 Å².